The Kier molecular flexibility index (Phi) is 10.9. The summed E-state index contributed by atoms with van der Waals surface area (Å²) in [6.07, 6.45) is 8.00. The van der Waals surface area contributed by atoms with Gasteiger partial charge in [-0.15, -0.1) is 0 Å². The van der Waals surface area contributed by atoms with Crippen molar-refractivity contribution < 1.29 is 19.1 Å². The van der Waals surface area contributed by atoms with Gasteiger partial charge in [-0.1, -0.05) is 52.4 Å². The first-order valence-corrected chi connectivity index (χ1v) is 8.79. The van der Waals surface area contributed by atoms with E-state index in [0.29, 0.717) is 0 Å². The van der Waals surface area contributed by atoms with Crippen molar-refractivity contribution in [1.82, 2.24) is 0 Å². The first kappa shape index (κ1) is 20.9. The third-order valence-electron chi connectivity index (χ3n) is 4.38. The number of hydrogen-bond acceptors (Lipinski definition) is 4. The zero-order valence-corrected chi connectivity index (χ0v) is 15.1. The molecule has 4 nitrogen and oxygen atoms in total. The number of rotatable bonds is 12. The van der Waals surface area contributed by atoms with E-state index in [1.165, 1.54) is 25.7 Å². The lowest BCUT2D eigenvalue weighted by molar-refractivity contribution is -0.175. The SMILES string of the molecule is CCCCCCCCC(C)C(C)(C(=O)OCC)C(=O)OCC. The highest BCUT2D eigenvalue weighted by molar-refractivity contribution is 5.99. The van der Waals surface area contributed by atoms with Crippen molar-refractivity contribution >= 4 is 11.9 Å². The summed E-state index contributed by atoms with van der Waals surface area (Å²) in [6.45, 7) is 9.86. The number of hydrogen-bond donors (Lipinski definition) is 0. The fraction of sp³-hybridized carbons (Fsp3) is 0.889. The molecule has 0 spiro atoms. The van der Waals surface area contributed by atoms with Crippen molar-refractivity contribution in [1.29, 1.82) is 0 Å². The third kappa shape index (κ3) is 6.37. The molecule has 0 N–H and O–H groups in total. The summed E-state index contributed by atoms with van der Waals surface area (Å²) in [7, 11) is 0. The second-order valence-corrected chi connectivity index (χ2v) is 6.10. The van der Waals surface area contributed by atoms with Gasteiger partial charge in [0.1, 0.15) is 0 Å². The summed E-state index contributed by atoms with van der Waals surface area (Å²) < 4.78 is 10.2. The Labute approximate surface area is 135 Å². The molecular formula is C18H34O4. The van der Waals surface area contributed by atoms with Crippen molar-refractivity contribution in [3.63, 3.8) is 0 Å². The van der Waals surface area contributed by atoms with E-state index in [1.807, 2.05) is 6.92 Å². The lowest BCUT2D eigenvalue weighted by Crippen LogP contribution is -2.44. The van der Waals surface area contributed by atoms with Crippen molar-refractivity contribution in [3.05, 3.63) is 0 Å². The van der Waals surface area contributed by atoms with E-state index in [4.69, 9.17) is 9.47 Å². The average Bonchev–Trinajstić information content (AvgIpc) is 2.50. The Morgan fingerprint density at radius 2 is 1.32 bits per heavy atom. The monoisotopic (exact) mass is 314 g/mol. The lowest BCUT2D eigenvalue weighted by atomic mass is 9.75. The fourth-order valence-electron chi connectivity index (χ4n) is 2.57. The normalized spacial score (nSPS) is 12.8. The van der Waals surface area contributed by atoms with Crippen LogP contribution in [-0.4, -0.2) is 25.2 Å². The van der Waals surface area contributed by atoms with Crippen molar-refractivity contribution in [2.24, 2.45) is 11.3 Å². The van der Waals surface area contributed by atoms with Gasteiger partial charge in [0, 0.05) is 0 Å². The average molecular weight is 314 g/mol. The molecule has 1 atom stereocenters. The minimum absolute atomic E-state index is 0.0863. The molecular weight excluding hydrogens is 280 g/mol. The molecule has 4 heteroatoms. The molecule has 0 aliphatic carbocycles. The Morgan fingerprint density at radius 1 is 0.864 bits per heavy atom. The van der Waals surface area contributed by atoms with Crippen LogP contribution in [0.1, 0.15) is 79.6 Å². The Balaban J connectivity index is 4.59. The van der Waals surface area contributed by atoms with Crippen LogP contribution in [0.15, 0.2) is 0 Å². The fourth-order valence-corrected chi connectivity index (χ4v) is 2.57. The van der Waals surface area contributed by atoms with Crippen LogP contribution in [0.5, 0.6) is 0 Å². The molecule has 0 saturated carbocycles. The van der Waals surface area contributed by atoms with Crippen LogP contribution in [0.3, 0.4) is 0 Å². The van der Waals surface area contributed by atoms with E-state index < -0.39 is 17.4 Å². The molecule has 0 aromatic rings. The second-order valence-electron chi connectivity index (χ2n) is 6.10. The van der Waals surface area contributed by atoms with Gasteiger partial charge in [0.25, 0.3) is 0 Å². The van der Waals surface area contributed by atoms with E-state index in [9.17, 15) is 9.59 Å². The smallest absolute Gasteiger partial charge is 0.323 e. The predicted octanol–water partition coefficient (Wildman–Crippen LogP) is 4.51. The standard InChI is InChI=1S/C18H34O4/c1-6-9-10-11-12-13-14-15(4)18(5,16(19)21-7-2)17(20)22-8-3/h15H,6-14H2,1-5H3. The topological polar surface area (TPSA) is 52.6 Å². The van der Waals surface area contributed by atoms with Gasteiger partial charge in [0.05, 0.1) is 13.2 Å². The van der Waals surface area contributed by atoms with Gasteiger partial charge in [-0.05, 0) is 33.1 Å². The minimum Gasteiger partial charge on any atom is -0.465 e. The van der Waals surface area contributed by atoms with E-state index in [2.05, 4.69) is 6.92 Å². The lowest BCUT2D eigenvalue weighted by Gasteiger charge is -2.31. The summed E-state index contributed by atoms with van der Waals surface area (Å²) in [5.74, 6) is -1.02. The Bertz CT molecular complexity index is 307. The molecule has 130 valence electrons. The molecule has 0 radical (unpaired) electrons. The van der Waals surface area contributed by atoms with Gasteiger partial charge in [-0.2, -0.15) is 0 Å². The van der Waals surface area contributed by atoms with Crippen LogP contribution < -0.4 is 0 Å². The maximum atomic E-state index is 12.3. The first-order chi connectivity index (χ1) is 10.4. The first-order valence-electron chi connectivity index (χ1n) is 8.79. The molecule has 0 fully saturated rings. The molecule has 0 amide bonds. The summed E-state index contributed by atoms with van der Waals surface area (Å²) >= 11 is 0. The minimum atomic E-state index is -1.20. The van der Waals surface area contributed by atoms with E-state index in [1.54, 1.807) is 20.8 Å². The predicted molar refractivity (Wildman–Crippen MR) is 88.5 cm³/mol. The molecule has 22 heavy (non-hydrogen) atoms. The molecule has 0 rings (SSSR count). The van der Waals surface area contributed by atoms with Crippen LogP contribution in [0.2, 0.25) is 0 Å². The van der Waals surface area contributed by atoms with Crippen molar-refractivity contribution in [2.45, 2.75) is 79.6 Å². The van der Waals surface area contributed by atoms with Crippen LogP contribution in [0.4, 0.5) is 0 Å². The van der Waals surface area contributed by atoms with E-state index in [0.717, 1.165) is 19.3 Å². The number of carbonyl (C=O) groups excluding carboxylic acids is 2. The molecule has 0 bridgehead atoms. The van der Waals surface area contributed by atoms with Crippen molar-refractivity contribution in [3.8, 4) is 0 Å². The van der Waals surface area contributed by atoms with Crippen LogP contribution in [0.25, 0.3) is 0 Å². The van der Waals surface area contributed by atoms with Crippen LogP contribution >= 0.6 is 0 Å². The Hall–Kier alpha value is -1.06. The number of esters is 2. The maximum Gasteiger partial charge on any atom is 0.323 e. The number of ether oxygens (including phenoxy) is 2. The second kappa shape index (κ2) is 11.5. The summed E-state index contributed by atoms with van der Waals surface area (Å²) in [5.41, 5.74) is -1.20. The third-order valence-corrected chi connectivity index (χ3v) is 4.38. The highest BCUT2D eigenvalue weighted by Crippen LogP contribution is 2.34. The van der Waals surface area contributed by atoms with E-state index in [-0.39, 0.29) is 19.1 Å². The summed E-state index contributed by atoms with van der Waals surface area (Å²) in [5, 5.41) is 0. The highest BCUT2D eigenvalue weighted by Gasteiger charge is 2.48. The highest BCUT2D eigenvalue weighted by atomic mass is 16.6. The molecule has 0 aromatic carbocycles. The summed E-state index contributed by atoms with van der Waals surface area (Å²) in [6, 6.07) is 0. The zero-order valence-electron chi connectivity index (χ0n) is 15.1. The van der Waals surface area contributed by atoms with Gasteiger partial charge in [-0.3, -0.25) is 9.59 Å². The molecule has 0 aliphatic heterocycles. The molecule has 1 unspecified atom stereocenters. The van der Waals surface area contributed by atoms with E-state index >= 15 is 0 Å². The van der Waals surface area contributed by atoms with Crippen LogP contribution in [-0.2, 0) is 19.1 Å². The quantitative estimate of drug-likeness (QED) is 0.302. The number of unbranched alkanes of at least 4 members (excludes halogenated alkanes) is 5. The van der Waals surface area contributed by atoms with Gasteiger partial charge >= 0.3 is 11.9 Å². The summed E-state index contributed by atoms with van der Waals surface area (Å²) in [4.78, 5) is 24.5. The van der Waals surface area contributed by atoms with Crippen molar-refractivity contribution in [2.75, 3.05) is 13.2 Å². The largest absolute Gasteiger partial charge is 0.465 e. The molecule has 0 aliphatic rings. The molecule has 0 heterocycles. The van der Waals surface area contributed by atoms with Gasteiger partial charge < -0.3 is 9.47 Å². The molecule has 0 saturated heterocycles. The van der Waals surface area contributed by atoms with Gasteiger partial charge in [-0.25, -0.2) is 0 Å². The molecule has 0 aromatic heterocycles. The Morgan fingerprint density at radius 3 is 1.77 bits per heavy atom. The maximum absolute atomic E-state index is 12.3. The van der Waals surface area contributed by atoms with Crippen LogP contribution in [0, 0.1) is 11.3 Å². The number of carbonyl (C=O) groups is 2. The van der Waals surface area contributed by atoms with Gasteiger partial charge in [0.15, 0.2) is 5.41 Å². The van der Waals surface area contributed by atoms with Gasteiger partial charge in [0.2, 0.25) is 0 Å². The zero-order chi connectivity index (χ0) is 17.0.